The van der Waals surface area contributed by atoms with Crippen molar-refractivity contribution < 1.29 is 9.90 Å². The molecule has 0 aliphatic carbocycles. The maximum absolute atomic E-state index is 12.1. The molecule has 0 heterocycles. The van der Waals surface area contributed by atoms with E-state index in [9.17, 15) is 9.90 Å². The largest absolute Gasteiger partial charge is 0.394 e. The lowest BCUT2D eigenvalue weighted by Crippen LogP contribution is -2.43. The molecule has 23 heavy (non-hydrogen) atoms. The molecule has 0 aromatic heterocycles. The predicted molar refractivity (Wildman–Crippen MR) is 89.0 cm³/mol. The smallest absolute Gasteiger partial charge is 0.319 e. The molecule has 0 bridgehead atoms. The van der Waals surface area contributed by atoms with Crippen molar-refractivity contribution in [3.63, 3.8) is 0 Å². The van der Waals surface area contributed by atoms with Crippen molar-refractivity contribution in [2.75, 3.05) is 11.9 Å². The lowest BCUT2D eigenvalue weighted by atomic mass is 9.94. The van der Waals surface area contributed by atoms with Crippen molar-refractivity contribution in [3.8, 4) is 6.07 Å². The van der Waals surface area contributed by atoms with Crippen molar-refractivity contribution in [3.05, 3.63) is 65.7 Å². The summed E-state index contributed by atoms with van der Waals surface area (Å²) in [5, 5.41) is 23.8. The summed E-state index contributed by atoms with van der Waals surface area (Å²) in [7, 11) is 0. The average Bonchev–Trinajstić information content (AvgIpc) is 2.60. The first-order valence-corrected chi connectivity index (χ1v) is 7.37. The number of benzene rings is 2. The number of rotatable bonds is 5. The number of aliphatic hydroxyl groups is 1. The number of amides is 2. The normalized spacial score (nSPS) is 12.7. The molecule has 2 aromatic carbocycles. The van der Waals surface area contributed by atoms with E-state index in [2.05, 4.69) is 10.6 Å². The zero-order valence-corrected chi connectivity index (χ0v) is 12.9. The number of nitrogens with one attached hydrogen (secondary N) is 2. The Morgan fingerprint density at radius 1 is 1.17 bits per heavy atom. The lowest BCUT2D eigenvalue weighted by Gasteiger charge is -2.24. The molecule has 0 aliphatic rings. The van der Waals surface area contributed by atoms with Gasteiger partial charge in [-0.1, -0.05) is 37.3 Å². The number of nitriles is 1. The summed E-state index contributed by atoms with van der Waals surface area (Å²) in [5.41, 5.74) is 2.16. The van der Waals surface area contributed by atoms with Gasteiger partial charge in [-0.2, -0.15) is 5.26 Å². The molecule has 2 atom stereocenters. The summed E-state index contributed by atoms with van der Waals surface area (Å²) >= 11 is 0. The van der Waals surface area contributed by atoms with E-state index in [0.29, 0.717) is 11.3 Å². The maximum atomic E-state index is 12.1. The highest BCUT2D eigenvalue weighted by Gasteiger charge is 2.20. The number of carbonyl (C=O) groups is 1. The average molecular weight is 309 g/mol. The molecule has 2 rings (SSSR count). The monoisotopic (exact) mass is 309 g/mol. The van der Waals surface area contributed by atoms with E-state index >= 15 is 0 Å². The summed E-state index contributed by atoms with van der Waals surface area (Å²) in [6, 6.07) is 17.5. The molecule has 0 aliphatic heterocycles. The van der Waals surface area contributed by atoms with Gasteiger partial charge in [0.15, 0.2) is 0 Å². The van der Waals surface area contributed by atoms with Crippen LogP contribution in [0, 0.1) is 11.3 Å². The molecule has 2 aromatic rings. The molecule has 3 N–H and O–H groups in total. The van der Waals surface area contributed by atoms with Crippen molar-refractivity contribution in [2.24, 2.45) is 0 Å². The number of urea groups is 1. The molecular weight excluding hydrogens is 290 g/mol. The van der Waals surface area contributed by atoms with Crippen molar-refractivity contribution >= 4 is 11.7 Å². The van der Waals surface area contributed by atoms with Gasteiger partial charge in [0.2, 0.25) is 0 Å². The Morgan fingerprint density at radius 3 is 2.39 bits per heavy atom. The number of hydrogen-bond acceptors (Lipinski definition) is 3. The molecule has 118 valence electrons. The quantitative estimate of drug-likeness (QED) is 0.794. The standard InChI is InChI=1S/C18H19N3O2/c1-13(15-5-3-2-4-6-15)17(12-22)21-18(23)20-16-9-7-14(11-19)8-10-16/h2-10,13,17,22H,12H2,1H3,(H2,20,21,23)/t13-,17+/m0/s1. The van der Waals surface area contributed by atoms with Gasteiger partial charge >= 0.3 is 6.03 Å². The predicted octanol–water partition coefficient (Wildman–Crippen LogP) is 2.84. The van der Waals surface area contributed by atoms with Crippen molar-refractivity contribution in [1.29, 1.82) is 5.26 Å². The number of anilines is 1. The SMILES string of the molecule is C[C@@H](c1ccccc1)[C@@H](CO)NC(=O)Nc1ccc(C#N)cc1. The van der Waals surface area contributed by atoms with E-state index in [1.807, 2.05) is 43.3 Å². The fourth-order valence-corrected chi connectivity index (χ4v) is 2.28. The molecule has 0 unspecified atom stereocenters. The molecule has 2 amide bonds. The summed E-state index contributed by atoms with van der Waals surface area (Å²) in [6.07, 6.45) is 0. The van der Waals surface area contributed by atoms with Crippen LogP contribution >= 0.6 is 0 Å². The van der Waals surface area contributed by atoms with Crippen LogP contribution in [-0.2, 0) is 0 Å². The second kappa shape index (κ2) is 7.97. The molecule has 0 saturated carbocycles. The minimum Gasteiger partial charge on any atom is -0.394 e. The highest BCUT2D eigenvalue weighted by molar-refractivity contribution is 5.89. The Balaban J connectivity index is 1.98. The Hall–Kier alpha value is -2.84. The van der Waals surface area contributed by atoms with Crippen LogP contribution in [0.4, 0.5) is 10.5 Å². The summed E-state index contributed by atoms with van der Waals surface area (Å²) < 4.78 is 0. The van der Waals surface area contributed by atoms with Gasteiger partial charge in [0, 0.05) is 11.6 Å². The van der Waals surface area contributed by atoms with Gasteiger partial charge in [0.1, 0.15) is 0 Å². The maximum Gasteiger partial charge on any atom is 0.319 e. The van der Waals surface area contributed by atoms with Crippen LogP contribution in [0.5, 0.6) is 0 Å². The van der Waals surface area contributed by atoms with Crippen LogP contribution in [0.1, 0.15) is 24.0 Å². The van der Waals surface area contributed by atoms with E-state index < -0.39 is 12.1 Å². The third kappa shape index (κ3) is 4.56. The summed E-state index contributed by atoms with van der Waals surface area (Å²) in [5.74, 6) is -0.0204. The Labute approximate surface area is 135 Å². The van der Waals surface area contributed by atoms with Gasteiger partial charge in [-0.25, -0.2) is 4.79 Å². The first-order chi connectivity index (χ1) is 11.1. The molecule has 0 spiro atoms. The van der Waals surface area contributed by atoms with Crippen LogP contribution < -0.4 is 10.6 Å². The Bertz CT molecular complexity index is 678. The van der Waals surface area contributed by atoms with E-state index in [4.69, 9.17) is 5.26 Å². The van der Waals surface area contributed by atoms with E-state index in [1.165, 1.54) is 0 Å². The molecule has 0 radical (unpaired) electrons. The van der Waals surface area contributed by atoms with Crippen LogP contribution in [0.2, 0.25) is 0 Å². The summed E-state index contributed by atoms with van der Waals surface area (Å²) in [6.45, 7) is 1.80. The van der Waals surface area contributed by atoms with Crippen LogP contribution in [-0.4, -0.2) is 23.8 Å². The Kier molecular flexibility index (Phi) is 5.73. The molecular formula is C18H19N3O2. The number of nitrogens with zero attached hydrogens (tertiary/aromatic N) is 1. The van der Waals surface area contributed by atoms with Crippen LogP contribution in [0.25, 0.3) is 0 Å². The van der Waals surface area contributed by atoms with E-state index in [0.717, 1.165) is 5.56 Å². The van der Waals surface area contributed by atoms with Gasteiger partial charge < -0.3 is 15.7 Å². The highest BCUT2D eigenvalue weighted by Crippen LogP contribution is 2.19. The van der Waals surface area contributed by atoms with Crippen molar-refractivity contribution in [1.82, 2.24) is 5.32 Å². The fourth-order valence-electron chi connectivity index (χ4n) is 2.28. The Morgan fingerprint density at radius 2 is 1.83 bits per heavy atom. The number of carbonyl (C=O) groups excluding carboxylic acids is 1. The molecule has 0 saturated heterocycles. The lowest BCUT2D eigenvalue weighted by molar-refractivity contribution is 0.215. The minimum atomic E-state index is -0.393. The van der Waals surface area contributed by atoms with E-state index in [1.54, 1.807) is 24.3 Å². The zero-order chi connectivity index (χ0) is 16.7. The number of aliphatic hydroxyl groups excluding tert-OH is 1. The zero-order valence-electron chi connectivity index (χ0n) is 12.9. The van der Waals surface area contributed by atoms with Crippen LogP contribution in [0.15, 0.2) is 54.6 Å². The molecule has 5 nitrogen and oxygen atoms in total. The second-order valence-electron chi connectivity index (χ2n) is 5.28. The number of hydrogen-bond donors (Lipinski definition) is 3. The van der Waals surface area contributed by atoms with Crippen LogP contribution in [0.3, 0.4) is 0 Å². The van der Waals surface area contributed by atoms with Crippen molar-refractivity contribution in [2.45, 2.75) is 18.9 Å². The first-order valence-electron chi connectivity index (χ1n) is 7.37. The second-order valence-corrected chi connectivity index (χ2v) is 5.28. The minimum absolute atomic E-state index is 0.0204. The first kappa shape index (κ1) is 16.5. The summed E-state index contributed by atoms with van der Waals surface area (Å²) in [4.78, 5) is 12.1. The highest BCUT2D eigenvalue weighted by atomic mass is 16.3. The van der Waals surface area contributed by atoms with Gasteiger partial charge in [0.25, 0.3) is 0 Å². The fraction of sp³-hybridized carbons (Fsp3) is 0.222. The third-order valence-corrected chi connectivity index (χ3v) is 3.71. The van der Waals surface area contributed by atoms with Gasteiger partial charge in [0.05, 0.1) is 24.3 Å². The topological polar surface area (TPSA) is 85.2 Å². The third-order valence-electron chi connectivity index (χ3n) is 3.71. The van der Waals surface area contributed by atoms with Gasteiger partial charge in [-0.3, -0.25) is 0 Å². The molecule has 0 fully saturated rings. The van der Waals surface area contributed by atoms with E-state index in [-0.39, 0.29) is 12.5 Å². The van der Waals surface area contributed by atoms with Gasteiger partial charge in [-0.05, 0) is 29.8 Å². The molecule has 5 heteroatoms. The van der Waals surface area contributed by atoms with Gasteiger partial charge in [-0.15, -0.1) is 0 Å².